The molecule has 0 spiro atoms. The smallest absolute Gasteiger partial charge is 0.222 e. The van der Waals surface area contributed by atoms with E-state index in [1.807, 2.05) is 53.5 Å². The Morgan fingerprint density at radius 1 is 1.06 bits per heavy atom. The van der Waals surface area contributed by atoms with Crippen molar-refractivity contribution in [2.75, 3.05) is 20.6 Å². The molecule has 6 heteroatoms. The van der Waals surface area contributed by atoms with Crippen LogP contribution in [0.25, 0.3) is 0 Å². The predicted molar refractivity (Wildman–Crippen MR) is 131 cm³/mol. The molecule has 0 radical (unpaired) electrons. The summed E-state index contributed by atoms with van der Waals surface area (Å²) in [5, 5.41) is 5.37. The van der Waals surface area contributed by atoms with Gasteiger partial charge in [0.1, 0.15) is 0 Å². The summed E-state index contributed by atoms with van der Waals surface area (Å²) in [6.07, 6.45) is 5.50. The molecule has 1 aliphatic carbocycles. The van der Waals surface area contributed by atoms with Crippen molar-refractivity contribution in [2.24, 2.45) is 0 Å². The predicted octanol–water partition coefficient (Wildman–Crippen LogP) is 4.78. The number of carbonyl (C=O) groups excluding carboxylic acids is 2. The number of benzene rings is 1. The zero-order chi connectivity index (χ0) is 23.0. The SMILES string of the molecule is CCN(Cc1ccccc1)C(=O)CCCC(=O)NC1CCC(c2cccs2)(N(C)C)CC1. The van der Waals surface area contributed by atoms with E-state index < -0.39 is 0 Å². The third-order valence-electron chi connectivity index (χ3n) is 6.76. The van der Waals surface area contributed by atoms with Crippen molar-refractivity contribution in [1.82, 2.24) is 15.1 Å². The van der Waals surface area contributed by atoms with Crippen LogP contribution < -0.4 is 5.32 Å². The standard InChI is InChI=1S/C26H37N3O2S/c1-4-29(20-21-10-6-5-7-11-21)25(31)14-8-13-24(30)27-22-15-17-26(18-16-22,28(2)3)23-12-9-19-32-23/h5-7,9-12,19,22H,4,8,13-18,20H2,1-3H3,(H,27,30). The van der Waals surface area contributed by atoms with Crippen LogP contribution in [-0.4, -0.2) is 48.3 Å². The molecule has 5 nitrogen and oxygen atoms in total. The monoisotopic (exact) mass is 455 g/mol. The molecule has 1 aromatic heterocycles. The Morgan fingerprint density at radius 2 is 1.78 bits per heavy atom. The van der Waals surface area contributed by atoms with E-state index >= 15 is 0 Å². The Bertz CT molecular complexity index is 843. The number of rotatable bonds is 10. The fourth-order valence-electron chi connectivity index (χ4n) is 4.74. The number of hydrogen-bond donors (Lipinski definition) is 1. The van der Waals surface area contributed by atoms with Crippen molar-refractivity contribution < 1.29 is 9.59 Å². The third-order valence-corrected chi connectivity index (χ3v) is 7.82. The summed E-state index contributed by atoms with van der Waals surface area (Å²) in [5.74, 6) is 0.191. The third kappa shape index (κ3) is 6.20. The molecule has 2 aromatic rings. The highest BCUT2D eigenvalue weighted by molar-refractivity contribution is 7.10. The highest BCUT2D eigenvalue weighted by Crippen LogP contribution is 2.43. The van der Waals surface area contributed by atoms with Gasteiger partial charge in [-0.3, -0.25) is 14.5 Å². The van der Waals surface area contributed by atoms with Crippen LogP contribution in [0.15, 0.2) is 47.8 Å². The quantitative estimate of drug-likeness (QED) is 0.561. The lowest BCUT2D eigenvalue weighted by Crippen LogP contribution is -2.48. The minimum atomic E-state index is 0.0717. The van der Waals surface area contributed by atoms with Gasteiger partial charge < -0.3 is 10.2 Å². The summed E-state index contributed by atoms with van der Waals surface area (Å²) in [6, 6.07) is 14.6. The molecule has 1 aromatic carbocycles. The lowest BCUT2D eigenvalue weighted by Gasteiger charge is -2.44. The van der Waals surface area contributed by atoms with Crippen LogP contribution in [0.1, 0.15) is 62.3 Å². The van der Waals surface area contributed by atoms with Gasteiger partial charge >= 0.3 is 0 Å². The summed E-state index contributed by atoms with van der Waals surface area (Å²) in [5.41, 5.74) is 1.22. The summed E-state index contributed by atoms with van der Waals surface area (Å²) in [7, 11) is 4.32. The molecule has 1 aliphatic rings. The topological polar surface area (TPSA) is 52.7 Å². The first-order valence-electron chi connectivity index (χ1n) is 11.8. The van der Waals surface area contributed by atoms with Crippen molar-refractivity contribution >= 4 is 23.2 Å². The van der Waals surface area contributed by atoms with Crippen LogP contribution >= 0.6 is 11.3 Å². The van der Waals surface area contributed by atoms with Crippen LogP contribution in [0.2, 0.25) is 0 Å². The first-order valence-corrected chi connectivity index (χ1v) is 12.6. The van der Waals surface area contributed by atoms with Gasteiger partial charge in [0.05, 0.1) is 5.54 Å². The van der Waals surface area contributed by atoms with Gasteiger partial charge in [-0.2, -0.15) is 0 Å². The second-order valence-electron chi connectivity index (χ2n) is 8.99. The van der Waals surface area contributed by atoms with E-state index in [0.717, 1.165) is 31.2 Å². The lowest BCUT2D eigenvalue weighted by molar-refractivity contribution is -0.131. The highest BCUT2D eigenvalue weighted by atomic mass is 32.1. The molecule has 32 heavy (non-hydrogen) atoms. The molecule has 0 saturated heterocycles. The number of thiophene rings is 1. The van der Waals surface area contributed by atoms with Crippen molar-refractivity contribution in [3.63, 3.8) is 0 Å². The number of amides is 2. The fraction of sp³-hybridized carbons (Fsp3) is 0.538. The second kappa shape index (κ2) is 11.6. The first-order chi connectivity index (χ1) is 15.4. The average Bonchev–Trinajstić information content (AvgIpc) is 3.34. The Morgan fingerprint density at radius 3 is 2.38 bits per heavy atom. The summed E-state index contributed by atoms with van der Waals surface area (Å²) in [6.45, 7) is 3.31. The Labute approximate surface area is 196 Å². The van der Waals surface area contributed by atoms with Crippen molar-refractivity contribution in [3.8, 4) is 0 Å². The number of nitrogens with one attached hydrogen (secondary N) is 1. The fourth-order valence-corrected chi connectivity index (χ4v) is 5.80. The van der Waals surface area contributed by atoms with Crippen LogP contribution in [-0.2, 0) is 21.7 Å². The maximum Gasteiger partial charge on any atom is 0.222 e. The molecule has 1 heterocycles. The number of nitrogens with zero attached hydrogens (tertiary/aromatic N) is 2. The van der Waals surface area contributed by atoms with Gasteiger partial charge in [-0.25, -0.2) is 0 Å². The average molecular weight is 456 g/mol. The maximum atomic E-state index is 12.6. The molecule has 0 aliphatic heterocycles. The van der Waals surface area contributed by atoms with Crippen molar-refractivity contribution in [2.45, 2.75) is 70.0 Å². The van der Waals surface area contributed by atoms with Gasteiger partial charge in [-0.1, -0.05) is 36.4 Å². The molecule has 0 unspecified atom stereocenters. The van der Waals surface area contributed by atoms with Gasteiger partial charge in [0.2, 0.25) is 11.8 Å². The second-order valence-corrected chi connectivity index (χ2v) is 9.94. The Kier molecular flexibility index (Phi) is 8.88. The van der Waals surface area contributed by atoms with E-state index in [-0.39, 0.29) is 23.4 Å². The van der Waals surface area contributed by atoms with Gasteiger partial charge in [0, 0.05) is 36.9 Å². The van der Waals surface area contributed by atoms with E-state index in [4.69, 9.17) is 0 Å². The minimum Gasteiger partial charge on any atom is -0.353 e. The van der Waals surface area contributed by atoms with Crippen LogP contribution in [0.3, 0.4) is 0 Å². The molecule has 2 amide bonds. The van der Waals surface area contributed by atoms with Gasteiger partial charge in [-0.05, 0) is 70.1 Å². The molecular formula is C26H37N3O2S. The van der Waals surface area contributed by atoms with Crippen molar-refractivity contribution in [1.29, 1.82) is 0 Å². The van der Waals surface area contributed by atoms with E-state index in [1.54, 1.807) is 0 Å². The Hall–Kier alpha value is -2.18. The van der Waals surface area contributed by atoms with Gasteiger partial charge in [0.15, 0.2) is 0 Å². The maximum absolute atomic E-state index is 12.6. The summed E-state index contributed by atoms with van der Waals surface area (Å²) < 4.78 is 0. The molecule has 174 valence electrons. The zero-order valence-electron chi connectivity index (χ0n) is 19.7. The number of carbonyl (C=O) groups is 2. The van der Waals surface area contributed by atoms with E-state index in [2.05, 4.69) is 41.8 Å². The van der Waals surface area contributed by atoms with E-state index in [0.29, 0.717) is 32.4 Å². The van der Waals surface area contributed by atoms with Crippen LogP contribution in [0, 0.1) is 0 Å². The number of hydrogen-bond acceptors (Lipinski definition) is 4. The molecule has 0 bridgehead atoms. The molecule has 3 rings (SSSR count). The van der Waals surface area contributed by atoms with E-state index in [1.165, 1.54) is 4.88 Å². The van der Waals surface area contributed by atoms with E-state index in [9.17, 15) is 9.59 Å². The minimum absolute atomic E-state index is 0.0717. The normalized spacial score (nSPS) is 20.8. The summed E-state index contributed by atoms with van der Waals surface area (Å²) >= 11 is 1.83. The lowest BCUT2D eigenvalue weighted by atomic mass is 9.77. The highest BCUT2D eigenvalue weighted by Gasteiger charge is 2.39. The van der Waals surface area contributed by atoms with Gasteiger partial charge in [0.25, 0.3) is 0 Å². The first kappa shape index (κ1) is 24.5. The largest absolute Gasteiger partial charge is 0.353 e. The molecule has 1 fully saturated rings. The molecule has 1 saturated carbocycles. The van der Waals surface area contributed by atoms with Crippen LogP contribution in [0.4, 0.5) is 0 Å². The summed E-state index contributed by atoms with van der Waals surface area (Å²) in [4.78, 5) is 30.7. The van der Waals surface area contributed by atoms with Crippen LogP contribution in [0.5, 0.6) is 0 Å². The molecule has 0 atom stereocenters. The molecular weight excluding hydrogens is 418 g/mol. The zero-order valence-corrected chi connectivity index (χ0v) is 20.5. The van der Waals surface area contributed by atoms with Crippen molar-refractivity contribution in [3.05, 3.63) is 58.3 Å². The Balaban J connectivity index is 1.40. The molecule has 1 N–H and O–H groups in total. The van der Waals surface area contributed by atoms with Gasteiger partial charge in [-0.15, -0.1) is 11.3 Å².